The van der Waals surface area contributed by atoms with Crippen LogP contribution in [-0.4, -0.2) is 23.3 Å². The maximum Gasteiger partial charge on any atom is 0.179 e. The number of nitrogens with zero attached hydrogens (tertiary/aromatic N) is 4. The van der Waals surface area contributed by atoms with Gasteiger partial charge in [-0.25, -0.2) is 4.98 Å². The van der Waals surface area contributed by atoms with Gasteiger partial charge in [-0.1, -0.05) is 114 Å². The Labute approximate surface area is 369 Å². The van der Waals surface area contributed by atoms with Crippen LogP contribution in [0.1, 0.15) is 86.1 Å². The molecule has 0 amide bonds. The quantitative estimate of drug-likeness (QED) is 0.127. The van der Waals surface area contributed by atoms with Gasteiger partial charge in [-0.2, -0.15) is 24.3 Å². The maximum absolute atomic E-state index is 5.04. The van der Waals surface area contributed by atoms with Crippen LogP contribution in [-0.2, 0) is 37.3 Å². The molecule has 4 nitrogen and oxygen atoms in total. The van der Waals surface area contributed by atoms with Crippen LogP contribution in [0.15, 0.2) is 128 Å². The molecule has 1 aliphatic carbocycles. The van der Waals surface area contributed by atoms with E-state index in [2.05, 4.69) is 207 Å². The monoisotopic (exact) mass is 962 g/mol. The van der Waals surface area contributed by atoms with E-state index in [9.17, 15) is 0 Å². The van der Waals surface area contributed by atoms with E-state index in [0.717, 1.165) is 39.1 Å². The molecular formula is C55H51N4Pt-. The summed E-state index contributed by atoms with van der Waals surface area (Å²) in [4.78, 5) is 5.04. The molecule has 5 heterocycles. The van der Waals surface area contributed by atoms with Crippen LogP contribution in [0, 0.1) is 32.6 Å². The van der Waals surface area contributed by atoms with E-state index in [-0.39, 0.29) is 31.9 Å². The molecule has 1 fully saturated rings. The molecule has 0 radical (unpaired) electrons. The van der Waals surface area contributed by atoms with Gasteiger partial charge in [0.25, 0.3) is 0 Å². The molecule has 5 heteroatoms. The molecule has 8 aromatic rings. The summed E-state index contributed by atoms with van der Waals surface area (Å²) in [5, 5.41) is 2.36. The molecule has 12 rings (SSSR count). The van der Waals surface area contributed by atoms with Crippen molar-refractivity contribution in [2.75, 3.05) is 13.7 Å². The fourth-order valence-corrected chi connectivity index (χ4v) is 10.7. The van der Waals surface area contributed by atoms with Gasteiger partial charge in [0, 0.05) is 56.0 Å². The minimum atomic E-state index is -0.702. The van der Waals surface area contributed by atoms with Crippen molar-refractivity contribution in [3.05, 3.63) is 191 Å². The Bertz CT molecular complexity index is 3030. The first-order valence-corrected chi connectivity index (χ1v) is 21.1. The Kier molecular flexibility index (Phi) is 8.42. The zero-order valence-electron chi connectivity index (χ0n) is 36.0. The molecular weight excluding hydrogens is 912 g/mol. The van der Waals surface area contributed by atoms with Crippen LogP contribution < -0.4 is 8.97 Å². The molecule has 302 valence electrons. The standard InChI is InChI=1S/C55H51N4.Pt/c1-35-26-50-51(27-36(35)2)59(33-58(50,9)34-59)41-29-39(54(6,7)8)28-40(30-41)55(46-19-13-10-16-42(46)43-17-11-14-20-47(43)55)38-22-23-45-44-18-12-15-21-48(44)57(49(45)31-38)52-32-37(24-25-56-52)53(3,4)5;/h10-29,32-33H,34H2,1-9H3;/q-1;/t58-,59+;/m0./s1. The molecule has 2 aromatic heterocycles. The van der Waals surface area contributed by atoms with Crippen molar-refractivity contribution in [2.45, 2.75) is 71.6 Å². The molecule has 2 bridgehead atoms. The number of hydrogen-bond acceptors (Lipinski definition) is 1. The van der Waals surface area contributed by atoms with E-state index >= 15 is 0 Å². The van der Waals surface area contributed by atoms with E-state index in [0.29, 0.717) is 4.48 Å². The van der Waals surface area contributed by atoms with Gasteiger partial charge in [-0.3, -0.25) is 0 Å². The Morgan fingerprint density at radius 3 is 1.93 bits per heavy atom. The van der Waals surface area contributed by atoms with Crippen LogP contribution in [0.4, 0.5) is 17.1 Å². The first-order chi connectivity index (χ1) is 28.1. The van der Waals surface area contributed by atoms with Crippen LogP contribution in [0.2, 0.25) is 0 Å². The van der Waals surface area contributed by atoms with Crippen LogP contribution in [0.25, 0.3) is 38.8 Å². The van der Waals surface area contributed by atoms with Crippen LogP contribution >= 0.6 is 0 Å². The molecule has 2 atom stereocenters. The SMILES string of the molecule is Cc1cc2c(cc1C)[N@@+]1(C)[CH-][N@+]2(c2[c-]c(C3(c4[c-]c5c(cc4)c4ccccc4n5-c4cc(C(C)(C)C)ccn4)c4ccccc4-c4ccccc43)cc(C(C)(C)C)c2)C1.[Pt]. The van der Waals surface area contributed by atoms with E-state index in [1.165, 1.54) is 72.3 Å². The minimum Gasteiger partial charge on any atom is -0.325 e. The molecule has 60 heavy (non-hydrogen) atoms. The Morgan fingerprint density at radius 2 is 1.27 bits per heavy atom. The predicted octanol–water partition coefficient (Wildman–Crippen LogP) is 13.0. The largest absolute Gasteiger partial charge is 0.325 e. The summed E-state index contributed by atoms with van der Waals surface area (Å²) in [6, 6.07) is 54.2. The average molecular weight is 963 g/mol. The summed E-state index contributed by atoms with van der Waals surface area (Å²) in [5.74, 6) is 0.908. The van der Waals surface area contributed by atoms with Crippen LogP contribution in [0.5, 0.6) is 0 Å². The van der Waals surface area contributed by atoms with Crippen molar-refractivity contribution in [2.24, 2.45) is 0 Å². The number of aryl methyl sites for hydroxylation is 2. The fourth-order valence-electron chi connectivity index (χ4n) is 10.7. The molecule has 4 aliphatic rings. The van der Waals surface area contributed by atoms with Gasteiger partial charge in [0.15, 0.2) is 18.0 Å². The molecule has 0 spiro atoms. The topological polar surface area (TPSA) is 17.8 Å². The third kappa shape index (κ3) is 5.24. The van der Waals surface area contributed by atoms with Crippen molar-refractivity contribution in [1.29, 1.82) is 0 Å². The summed E-state index contributed by atoms with van der Waals surface area (Å²) in [6.45, 7) is 21.8. The summed E-state index contributed by atoms with van der Waals surface area (Å²) in [5.41, 5.74) is 17.8. The summed E-state index contributed by atoms with van der Waals surface area (Å²) >= 11 is 0. The molecule has 0 saturated carbocycles. The van der Waals surface area contributed by atoms with E-state index in [1.54, 1.807) is 0 Å². The van der Waals surface area contributed by atoms with E-state index in [1.807, 2.05) is 6.20 Å². The third-order valence-electron chi connectivity index (χ3n) is 13.9. The van der Waals surface area contributed by atoms with Crippen molar-refractivity contribution < 1.29 is 21.1 Å². The van der Waals surface area contributed by atoms with Gasteiger partial charge in [0.2, 0.25) is 0 Å². The number of hydrogen-bond donors (Lipinski definition) is 0. The Hall–Kier alpha value is -5.12. The molecule has 0 unspecified atom stereocenters. The minimum absolute atomic E-state index is 0. The third-order valence-corrected chi connectivity index (χ3v) is 13.9. The second kappa shape index (κ2) is 12.9. The molecule has 6 aromatic carbocycles. The number of aromatic nitrogens is 2. The Balaban J connectivity index is 0.00000433. The zero-order chi connectivity index (χ0) is 40.9. The van der Waals surface area contributed by atoms with Gasteiger partial charge < -0.3 is 13.5 Å². The number of fused-ring (bicyclic) bond motifs is 6. The van der Waals surface area contributed by atoms with Gasteiger partial charge in [0.1, 0.15) is 5.82 Å². The second-order valence-corrected chi connectivity index (χ2v) is 19.7. The predicted molar refractivity (Wildman–Crippen MR) is 245 cm³/mol. The summed E-state index contributed by atoms with van der Waals surface area (Å²) < 4.78 is 3.86. The molecule has 0 N–H and O–H groups in total. The first kappa shape index (κ1) is 39.0. The second-order valence-electron chi connectivity index (χ2n) is 19.7. The Morgan fingerprint density at radius 1 is 0.650 bits per heavy atom. The molecule has 3 aliphatic heterocycles. The normalized spacial score (nSPS) is 19.8. The molecule has 1 saturated heterocycles. The van der Waals surface area contributed by atoms with Crippen molar-refractivity contribution in [1.82, 2.24) is 18.5 Å². The number of quaternary nitrogens is 2. The first-order valence-electron chi connectivity index (χ1n) is 21.1. The smallest absolute Gasteiger partial charge is 0.179 e. The number of rotatable bonds is 4. The van der Waals surface area contributed by atoms with Gasteiger partial charge in [-0.05, 0) is 87.2 Å². The van der Waals surface area contributed by atoms with E-state index in [4.69, 9.17) is 4.98 Å². The average Bonchev–Trinajstić information content (AvgIpc) is 3.85. The van der Waals surface area contributed by atoms with Gasteiger partial charge >= 0.3 is 0 Å². The number of benzene rings is 6. The van der Waals surface area contributed by atoms with Crippen LogP contribution in [0.3, 0.4) is 0 Å². The summed E-state index contributed by atoms with van der Waals surface area (Å²) in [6.07, 6.45) is 1.96. The van der Waals surface area contributed by atoms with Crippen molar-refractivity contribution in [3.63, 3.8) is 0 Å². The maximum atomic E-state index is 5.04. The van der Waals surface area contributed by atoms with E-state index < -0.39 is 5.41 Å². The zero-order valence-corrected chi connectivity index (χ0v) is 38.3. The van der Waals surface area contributed by atoms with Crippen molar-refractivity contribution in [3.8, 4) is 16.9 Å². The van der Waals surface area contributed by atoms with Crippen molar-refractivity contribution >= 4 is 38.9 Å². The summed E-state index contributed by atoms with van der Waals surface area (Å²) in [7, 11) is 2.35. The van der Waals surface area contributed by atoms with Gasteiger partial charge in [-0.15, -0.1) is 34.2 Å². The number of para-hydroxylation sites is 1. The van der Waals surface area contributed by atoms with Gasteiger partial charge in [0.05, 0.1) is 13.7 Å². The number of pyridine rings is 1. The fraction of sp³-hybridized carbons (Fsp3) is 0.236.